The number of nitrogens with one attached hydrogen (secondary N) is 1. The molecule has 1 aromatic carbocycles. The summed E-state index contributed by atoms with van der Waals surface area (Å²) < 4.78 is 11.0. The Morgan fingerprint density at radius 2 is 1.95 bits per heavy atom. The van der Waals surface area contributed by atoms with Gasteiger partial charge in [0.15, 0.2) is 11.5 Å². The predicted octanol–water partition coefficient (Wildman–Crippen LogP) is 3.05. The number of unbranched alkanes of at least 4 members (excludes halogenated alkanes) is 2. The summed E-state index contributed by atoms with van der Waals surface area (Å²) in [7, 11) is 0. The van der Waals surface area contributed by atoms with Gasteiger partial charge in [-0.05, 0) is 31.0 Å². The first-order valence-electron chi connectivity index (χ1n) is 8.01. The molecule has 2 N–H and O–H groups in total. The van der Waals surface area contributed by atoms with E-state index in [-0.39, 0.29) is 0 Å². The van der Waals surface area contributed by atoms with E-state index in [2.05, 4.69) is 19.2 Å². The lowest BCUT2D eigenvalue weighted by Crippen LogP contribution is -2.30. The molecule has 0 saturated carbocycles. The van der Waals surface area contributed by atoms with Crippen LogP contribution in [0.5, 0.6) is 11.5 Å². The first-order chi connectivity index (χ1) is 10.2. The second-order valence-corrected chi connectivity index (χ2v) is 5.72. The van der Waals surface area contributed by atoms with Crippen molar-refractivity contribution >= 4 is 0 Å². The summed E-state index contributed by atoms with van der Waals surface area (Å²) in [6.07, 6.45) is 4.39. The van der Waals surface area contributed by atoms with Gasteiger partial charge in [0.2, 0.25) is 0 Å². The molecule has 0 amide bonds. The summed E-state index contributed by atoms with van der Waals surface area (Å²) in [6, 6.07) is 6.09. The molecule has 0 bridgehead atoms. The van der Waals surface area contributed by atoms with Gasteiger partial charge >= 0.3 is 0 Å². The second kappa shape index (κ2) is 8.25. The number of hydrogen-bond acceptors (Lipinski definition) is 4. The summed E-state index contributed by atoms with van der Waals surface area (Å²) >= 11 is 0. The molecule has 2 rings (SSSR count). The Bertz CT molecular complexity index is 436. The molecule has 0 spiro atoms. The summed E-state index contributed by atoms with van der Waals surface area (Å²) in [5.41, 5.74) is 0.868. The average molecular weight is 293 g/mol. The summed E-state index contributed by atoms with van der Waals surface area (Å²) in [5.74, 6) is 1.49. The van der Waals surface area contributed by atoms with E-state index in [1.165, 1.54) is 19.3 Å². The van der Waals surface area contributed by atoms with Gasteiger partial charge in [-0.3, -0.25) is 0 Å². The van der Waals surface area contributed by atoms with Crippen molar-refractivity contribution in [2.75, 3.05) is 19.8 Å². The zero-order valence-corrected chi connectivity index (χ0v) is 13.1. The number of benzene rings is 1. The van der Waals surface area contributed by atoms with Crippen LogP contribution in [0.25, 0.3) is 0 Å². The van der Waals surface area contributed by atoms with E-state index in [1.54, 1.807) is 0 Å². The molecule has 0 aromatic heterocycles. The van der Waals surface area contributed by atoms with Crippen LogP contribution >= 0.6 is 0 Å². The molecule has 1 heterocycles. The first kappa shape index (κ1) is 16.1. The first-order valence-corrected chi connectivity index (χ1v) is 8.01. The van der Waals surface area contributed by atoms with Gasteiger partial charge in [0.1, 0.15) is 13.2 Å². The molecule has 0 saturated heterocycles. The van der Waals surface area contributed by atoms with E-state index in [1.807, 2.05) is 18.2 Å². The predicted molar refractivity (Wildman–Crippen MR) is 84.0 cm³/mol. The van der Waals surface area contributed by atoms with Crippen molar-refractivity contribution < 1.29 is 14.6 Å². The molecule has 1 aliphatic heterocycles. The molecule has 4 heteroatoms. The standard InChI is InChI=1S/C17H27NO3/c1-3-4-5-6-13(2)18-12-15(19)14-7-8-16-17(11-14)21-10-9-20-16/h7-8,11,13,15,18-19H,3-6,9-10,12H2,1-2H3. The molecule has 1 aliphatic rings. The van der Waals surface area contributed by atoms with Gasteiger partial charge in [-0.25, -0.2) is 0 Å². The second-order valence-electron chi connectivity index (χ2n) is 5.72. The number of aliphatic hydroxyl groups is 1. The fraction of sp³-hybridized carbons (Fsp3) is 0.647. The van der Waals surface area contributed by atoms with E-state index >= 15 is 0 Å². The lowest BCUT2D eigenvalue weighted by atomic mass is 10.1. The van der Waals surface area contributed by atoms with Gasteiger partial charge < -0.3 is 19.9 Å². The van der Waals surface area contributed by atoms with Crippen LogP contribution in [0.3, 0.4) is 0 Å². The number of aliphatic hydroxyl groups excluding tert-OH is 1. The summed E-state index contributed by atoms with van der Waals surface area (Å²) in [6.45, 7) is 6.11. The highest BCUT2D eigenvalue weighted by molar-refractivity contribution is 5.44. The number of fused-ring (bicyclic) bond motifs is 1. The smallest absolute Gasteiger partial charge is 0.161 e. The van der Waals surface area contributed by atoms with Crippen LogP contribution < -0.4 is 14.8 Å². The van der Waals surface area contributed by atoms with Crippen LogP contribution in [-0.2, 0) is 0 Å². The number of ether oxygens (including phenoxy) is 2. The Hall–Kier alpha value is -1.26. The molecule has 2 atom stereocenters. The van der Waals surface area contributed by atoms with Crippen molar-refractivity contribution in [2.45, 2.75) is 51.7 Å². The van der Waals surface area contributed by atoms with Gasteiger partial charge in [-0.2, -0.15) is 0 Å². The minimum Gasteiger partial charge on any atom is -0.486 e. The van der Waals surface area contributed by atoms with Crippen LogP contribution in [0.1, 0.15) is 51.2 Å². The van der Waals surface area contributed by atoms with Crippen molar-refractivity contribution in [1.29, 1.82) is 0 Å². The Morgan fingerprint density at radius 3 is 2.71 bits per heavy atom. The molecule has 2 unspecified atom stereocenters. The summed E-state index contributed by atoms with van der Waals surface area (Å²) in [5, 5.41) is 13.7. The Labute approximate surface area is 127 Å². The van der Waals surface area contributed by atoms with Gasteiger partial charge in [-0.1, -0.05) is 32.3 Å². The quantitative estimate of drug-likeness (QED) is 0.723. The largest absolute Gasteiger partial charge is 0.486 e. The molecular weight excluding hydrogens is 266 g/mol. The Balaban J connectivity index is 1.81. The minimum atomic E-state index is -0.519. The van der Waals surface area contributed by atoms with Crippen LogP contribution in [0.4, 0.5) is 0 Å². The van der Waals surface area contributed by atoms with Crippen molar-refractivity contribution in [3.63, 3.8) is 0 Å². The van der Waals surface area contributed by atoms with Crippen molar-refractivity contribution in [2.24, 2.45) is 0 Å². The van der Waals surface area contributed by atoms with Crippen molar-refractivity contribution in [3.05, 3.63) is 23.8 Å². The van der Waals surface area contributed by atoms with E-state index in [0.717, 1.165) is 23.5 Å². The van der Waals surface area contributed by atoms with E-state index in [9.17, 15) is 5.11 Å². The third-order valence-electron chi connectivity index (χ3n) is 3.85. The fourth-order valence-corrected chi connectivity index (χ4v) is 2.50. The van der Waals surface area contributed by atoms with Gasteiger partial charge in [0, 0.05) is 12.6 Å². The minimum absolute atomic E-state index is 0.434. The molecule has 4 nitrogen and oxygen atoms in total. The van der Waals surface area contributed by atoms with E-state index < -0.39 is 6.10 Å². The van der Waals surface area contributed by atoms with Crippen LogP contribution in [0.2, 0.25) is 0 Å². The van der Waals surface area contributed by atoms with Crippen molar-refractivity contribution in [1.82, 2.24) is 5.32 Å². The molecule has 21 heavy (non-hydrogen) atoms. The zero-order chi connectivity index (χ0) is 15.1. The normalized spacial score (nSPS) is 16.5. The maximum atomic E-state index is 10.3. The summed E-state index contributed by atoms with van der Waals surface area (Å²) in [4.78, 5) is 0. The van der Waals surface area contributed by atoms with Crippen LogP contribution in [0.15, 0.2) is 18.2 Å². The highest BCUT2D eigenvalue weighted by atomic mass is 16.6. The van der Waals surface area contributed by atoms with Gasteiger partial charge in [0.25, 0.3) is 0 Å². The third kappa shape index (κ3) is 4.90. The van der Waals surface area contributed by atoms with Gasteiger partial charge in [-0.15, -0.1) is 0 Å². The molecule has 0 radical (unpaired) electrons. The fourth-order valence-electron chi connectivity index (χ4n) is 2.50. The van der Waals surface area contributed by atoms with E-state index in [4.69, 9.17) is 9.47 Å². The Morgan fingerprint density at radius 1 is 1.19 bits per heavy atom. The number of rotatable bonds is 8. The molecular formula is C17H27NO3. The molecule has 118 valence electrons. The molecule has 0 aliphatic carbocycles. The lowest BCUT2D eigenvalue weighted by molar-refractivity contribution is 0.161. The molecule has 1 aromatic rings. The van der Waals surface area contributed by atoms with Crippen LogP contribution in [-0.4, -0.2) is 30.9 Å². The highest BCUT2D eigenvalue weighted by Gasteiger charge is 2.15. The van der Waals surface area contributed by atoms with Gasteiger partial charge in [0.05, 0.1) is 6.10 Å². The monoisotopic (exact) mass is 293 g/mol. The third-order valence-corrected chi connectivity index (χ3v) is 3.85. The maximum absolute atomic E-state index is 10.3. The topological polar surface area (TPSA) is 50.7 Å². The van der Waals surface area contributed by atoms with Crippen molar-refractivity contribution in [3.8, 4) is 11.5 Å². The van der Waals surface area contributed by atoms with E-state index in [0.29, 0.717) is 25.8 Å². The lowest BCUT2D eigenvalue weighted by Gasteiger charge is -2.21. The maximum Gasteiger partial charge on any atom is 0.161 e. The SMILES string of the molecule is CCCCCC(C)NCC(O)c1ccc2c(c1)OCCO2. The van der Waals surface area contributed by atoms with Crippen LogP contribution in [0, 0.1) is 0 Å². The highest BCUT2D eigenvalue weighted by Crippen LogP contribution is 2.32. The molecule has 0 fully saturated rings. The Kier molecular flexibility index (Phi) is 6.33. The number of hydrogen-bond donors (Lipinski definition) is 2. The zero-order valence-electron chi connectivity index (χ0n) is 13.1. The average Bonchev–Trinajstić information content (AvgIpc) is 2.52.